The second kappa shape index (κ2) is 18.9. The molecule has 11 rings (SSSR count). The number of hydrogen-bond donors (Lipinski definition) is 0. The fraction of sp³-hybridized carbons (Fsp3) is 0.194. The summed E-state index contributed by atoms with van der Waals surface area (Å²) in [5.74, 6) is 0. The van der Waals surface area contributed by atoms with Gasteiger partial charge in [-0.05, 0) is 151 Å². The van der Waals surface area contributed by atoms with E-state index in [0.29, 0.717) is 6.04 Å². The predicted octanol–water partition coefficient (Wildman–Crippen LogP) is 16.9. The fourth-order valence-corrected chi connectivity index (χ4v) is 11.9. The van der Waals surface area contributed by atoms with Crippen molar-refractivity contribution in [1.29, 1.82) is 0 Å². The van der Waals surface area contributed by atoms with Crippen LogP contribution in [0, 0.1) is 6.92 Å². The van der Waals surface area contributed by atoms with Crippen LogP contribution in [0.4, 0.5) is 0 Å². The van der Waals surface area contributed by atoms with Gasteiger partial charge in [-0.1, -0.05) is 161 Å². The Morgan fingerprint density at radius 2 is 1.06 bits per heavy atom. The van der Waals surface area contributed by atoms with Gasteiger partial charge in [0, 0.05) is 42.7 Å². The highest BCUT2D eigenvalue weighted by molar-refractivity contribution is 6.01. The van der Waals surface area contributed by atoms with Crippen molar-refractivity contribution in [2.45, 2.75) is 84.2 Å². The number of unbranched alkanes of at least 4 members (excludes halogenated alkanes) is 1. The molecular weight excluding hydrogens is 833 g/mol. The molecule has 338 valence electrons. The Kier molecular flexibility index (Phi) is 12.1. The lowest BCUT2D eigenvalue weighted by atomic mass is 9.65. The van der Waals surface area contributed by atoms with Crippen molar-refractivity contribution in [1.82, 2.24) is 0 Å². The van der Waals surface area contributed by atoms with E-state index in [9.17, 15) is 0 Å². The van der Waals surface area contributed by atoms with E-state index >= 15 is 0 Å². The van der Waals surface area contributed by atoms with Gasteiger partial charge in [-0.15, -0.1) is 0 Å². The van der Waals surface area contributed by atoms with Gasteiger partial charge in [0.15, 0.2) is 18.4 Å². The van der Waals surface area contributed by atoms with Crippen LogP contribution in [0.15, 0.2) is 213 Å². The van der Waals surface area contributed by atoms with Gasteiger partial charge in [0.05, 0.1) is 11.0 Å². The fourth-order valence-electron chi connectivity index (χ4n) is 11.9. The third kappa shape index (κ3) is 8.16. The van der Waals surface area contributed by atoms with Crippen LogP contribution in [0.1, 0.15) is 75.6 Å². The normalized spacial score (nSPS) is 15.3. The molecule has 2 unspecified atom stereocenters. The van der Waals surface area contributed by atoms with Crippen molar-refractivity contribution >= 4 is 21.5 Å². The van der Waals surface area contributed by atoms with E-state index < -0.39 is 0 Å². The van der Waals surface area contributed by atoms with E-state index in [2.05, 4.69) is 249 Å². The molecule has 0 bridgehead atoms. The quantitative estimate of drug-likeness (QED) is 0.102. The Balaban J connectivity index is 0.958. The number of nitrogens with zero attached hydrogens (tertiary/aromatic N) is 2. The molecule has 8 aromatic carbocycles. The van der Waals surface area contributed by atoms with Crippen LogP contribution < -0.4 is 9.13 Å². The molecule has 1 aliphatic rings. The molecule has 2 atom stereocenters. The van der Waals surface area contributed by atoms with Crippen molar-refractivity contribution in [3.05, 3.63) is 229 Å². The van der Waals surface area contributed by atoms with Crippen LogP contribution >= 0.6 is 0 Å². The number of pyridine rings is 2. The summed E-state index contributed by atoms with van der Waals surface area (Å²) in [5.41, 5.74) is 19.3. The second-order valence-electron chi connectivity index (χ2n) is 19.4. The lowest BCUT2D eigenvalue weighted by Crippen LogP contribution is -2.56. The van der Waals surface area contributed by atoms with Gasteiger partial charge in [0.25, 0.3) is 0 Å². The van der Waals surface area contributed by atoms with Crippen LogP contribution in [0.25, 0.3) is 88.6 Å². The Bertz CT molecular complexity index is 3400. The van der Waals surface area contributed by atoms with Crippen LogP contribution in [0.2, 0.25) is 0 Å². The van der Waals surface area contributed by atoms with Gasteiger partial charge in [-0.25, -0.2) is 0 Å². The Morgan fingerprint density at radius 3 is 1.77 bits per heavy atom. The van der Waals surface area contributed by atoms with Crippen LogP contribution in [0.3, 0.4) is 0 Å². The first-order chi connectivity index (χ1) is 34.0. The smallest absolute Gasteiger partial charge is 0.198 e. The number of fused-ring (bicyclic) bond motifs is 5. The van der Waals surface area contributed by atoms with Crippen molar-refractivity contribution in [3.8, 4) is 67.0 Å². The van der Waals surface area contributed by atoms with Crippen LogP contribution in [0.5, 0.6) is 0 Å². The molecule has 0 saturated carbocycles. The molecule has 0 saturated heterocycles. The minimum Gasteiger partial charge on any atom is -0.198 e. The predicted molar refractivity (Wildman–Crippen MR) is 290 cm³/mol. The van der Waals surface area contributed by atoms with Gasteiger partial charge in [0.2, 0.25) is 11.4 Å². The molecule has 0 fully saturated rings. The molecule has 0 spiro atoms. The van der Waals surface area contributed by atoms with Crippen molar-refractivity contribution < 1.29 is 9.13 Å². The monoisotopic (exact) mass is 894 g/mol. The molecule has 10 aromatic rings. The Morgan fingerprint density at radius 1 is 0.464 bits per heavy atom. The SMILES string of the molecule is CCCCc1cc[n+]2c(c1)-c1ccccc1C(CC)(CC[n+]1ccccc1-c1cc(-c3cccc(-c4cc(-c5cccc6ccccc56)cc(-c5cccc6ccccc56)c4)c3)ccc1C)C2CC. The molecule has 0 amide bonds. The summed E-state index contributed by atoms with van der Waals surface area (Å²) in [6, 6.07) is 75.5. The summed E-state index contributed by atoms with van der Waals surface area (Å²) in [5, 5.41) is 5.02. The largest absolute Gasteiger partial charge is 0.213 e. The highest BCUT2D eigenvalue weighted by atomic mass is 15.0. The van der Waals surface area contributed by atoms with Gasteiger partial charge in [0.1, 0.15) is 6.54 Å². The molecule has 2 aromatic heterocycles. The maximum atomic E-state index is 2.63. The zero-order valence-electron chi connectivity index (χ0n) is 40.6. The van der Waals surface area contributed by atoms with E-state index in [-0.39, 0.29) is 5.41 Å². The van der Waals surface area contributed by atoms with Gasteiger partial charge < -0.3 is 0 Å². The third-order valence-electron chi connectivity index (χ3n) is 15.5. The van der Waals surface area contributed by atoms with Crippen LogP contribution in [-0.4, -0.2) is 0 Å². The summed E-state index contributed by atoms with van der Waals surface area (Å²) in [6.07, 6.45) is 11.5. The summed E-state index contributed by atoms with van der Waals surface area (Å²) in [7, 11) is 0. The Labute approximate surface area is 409 Å². The summed E-state index contributed by atoms with van der Waals surface area (Å²) in [6.45, 7) is 10.3. The standard InChI is InChI=1S/C67H62N2/c1-5-8-20-48-36-39-69-65(41-48)61-29-13-14-32-63(61)67(7-3,66(69)6-2)37-40-68-38-16-15-33-64(68)62-46-53(35-34-47(62)4)51-25-17-26-52(42-51)54-43-55(59-30-18-23-49-21-9-11-27-57(49)59)45-56(44-54)60-31-19-24-50-22-10-12-28-58(50)60/h9-19,21-36,38-39,41-46,66H,5-8,20,37,40H2,1-4H3/q+2. The highest BCUT2D eigenvalue weighted by Gasteiger charge is 2.50. The zero-order valence-corrected chi connectivity index (χ0v) is 40.6. The number of aromatic nitrogens is 2. The minimum atomic E-state index is -0.0101. The number of aryl methyl sites for hydroxylation is 3. The molecule has 1 aliphatic heterocycles. The summed E-state index contributed by atoms with van der Waals surface area (Å²) in [4.78, 5) is 0. The van der Waals surface area contributed by atoms with E-state index in [1.165, 1.54) is 118 Å². The average Bonchev–Trinajstić information content (AvgIpc) is 3.41. The minimum absolute atomic E-state index is 0.0101. The summed E-state index contributed by atoms with van der Waals surface area (Å²) < 4.78 is 5.15. The van der Waals surface area contributed by atoms with Gasteiger partial charge in [-0.2, -0.15) is 9.13 Å². The zero-order chi connectivity index (χ0) is 46.9. The molecule has 3 heterocycles. The maximum Gasteiger partial charge on any atom is 0.213 e. The highest BCUT2D eigenvalue weighted by Crippen LogP contribution is 2.49. The van der Waals surface area contributed by atoms with Crippen LogP contribution in [-0.2, 0) is 18.4 Å². The lowest BCUT2D eigenvalue weighted by Gasteiger charge is -2.41. The molecule has 0 radical (unpaired) electrons. The van der Waals surface area contributed by atoms with Gasteiger partial charge in [-0.3, -0.25) is 0 Å². The lowest BCUT2D eigenvalue weighted by molar-refractivity contribution is -0.730. The van der Waals surface area contributed by atoms with E-state index in [1.807, 2.05) is 0 Å². The summed E-state index contributed by atoms with van der Waals surface area (Å²) >= 11 is 0. The van der Waals surface area contributed by atoms with E-state index in [1.54, 1.807) is 0 Å². The van der Waals surface area contributed by atoms with E-state index in [0.717, 1.165) is 32.2 Å². The number of hydrogen-bond acceptors (Lipinski definition) is 0. The third-order valence-corrected chi connectivity index (χ3v) is 15.5. The van der Waals surface area contributed by atoms with Crippen molar-refractivity contribution in [2.24, 2.45) is 0 Å². The molecular formula is C67H62N2+2. The van der Waals surface area contributed by atoms with E-state index in [4.69, 9.17) is 0 Å². The first-order valence-electron chi connectivity index (χ1n) is 25.4. The molecule has 69 heavy (non-hydrogen) atoms. The first kappa shape index (κ1) is 44.1. The molecule has 0 N–H and O–H groups in total. The topological polar surface area (TPSA) is 7.76 Å². The second-order valence-corrected chi connectivity index (χ2v) is 19.4. The van der Waals surface area contributed by atoms with Gasteiger partial charge >= 0.3 is 0 Å². The molecule has 2 nitrogen and oxygen atoms in total. The molecule has 2 heteroatoms. The number of benzene rings is 8. The first-order valence-corrected chi connectivity index (χ1v) is 25.4. The maximum absolute atomic E-state index is 2.63. The Hall–Kier alpha value is -7.42. The number of rotatable bonds is 13. The molecule has 0 aliphatic carbocycles. The van der Waals surface area contributed by atoms with Crippen molar-refractivity contribution in [2.75, 3.05) is 0 Å². The van der Waals surface area contributed by atoms with Crippen molar-refractivity contribution in [3.63, 3.8) is 0 Å². The average molecular weight is 895 g/mol.